The number of hydrogen-bond acceptors (Lipinski definition) is 6. The Kier molecular flexibility index (Phi) is 9.31. The number of amides is 3. The van der Waals surface area contributed by atoms with Gasteiger partial charge in [0, 0.05) is 23.4 Å². The maximum atomic E-state index is 13.4. The minimum Gasteiger partial charge on any atom is -0.496 e. The van der Waals surface area contributed by atoms with E-state index in [4.69, 9.17) is 4.74 Å². The summed E-state index contributed by atoms with van der Waals surface area (Å²) in [5.41, 5.74) is 1.07. The predicted octanol–water partition coefficient (Wildman–Crippen LogP) is 1.83. The minimum absolute atomic E-state index is 0.0660. The number of nitrogens with one attached hydrogen (secondary N) is 5. The molecule has 36 heavy (non-hydrogen) atoms. The Morgan fingerprint density at radius 1 is 1.28 bits per heavy atom. The van der Waals surface area contributed by atoms with Crippen molar-refractivity contribution in [2.24, 2.45) is 11.8 Å². The summed E-state index contributed by atoms with van der Waals surface area (Å²) >= 11 is 0. The molecule has 4 unspecified atom stereocenters. The summed E-state index contributed by atoms with van der Waals surface area (Å²) < 4.78 is 5.37. The molecule has 2 aromatic rings. The number of methoxy groups -OCH3 is 1. The number of H-pyrrole nitrogens is 1. The molecule has 3 amide bonds. The van der Waals surface area contributed by atoms with Crippen molar-refractivity contribution < 1.29 is 19.1 Å². The van der Waals surface area contributed by atoms with Gasteiger partial charge in [0.05, 0.1) is 19.2 Å². The molecule has 1 saturated heterocycles. The first-order chi connectivity index (χ1) is 17.3. The number of benzene rings is 1. The molecule has 1 aliphatic heterocycles. The SMILES string of the molecule is CCNC(C#N)C(CC1CCNC1=O)NC(=O)C(CC(C)C)NC(=O)c1cc2c(OC)cccc2[nH]1. The van der Waals surface area contributed by atoms with E-state index in [2.05, 4.69) is 32.3 Å². The van der Waals surface area contributed by atoms with Gasteiger partial charge in [0.2, 0.25) is 11.8 Å². The molecule has 10 nitrogen and oxygen atoms in total. The van der Waals surface area contributed by atoms with Gasteiger partial charge in [0.15, 0.2) is 0 Å². The van der Waals surface area contributed by atoms with E-state index >= 15 is 0 Å². The fraction of sp³-hybridized carbons (Fsp3) is 0.538. The van der Waals surface area contributed by atoms with E-state index in [9.17, 15) is 19.6 Å². The zero-order valence-electron chi connectivity index (χ0n) is 21.3. The Bertz CT molecular complexity index is 1120. The van der Waals surface area contributed by atoms with Crippen molar-refractivity contribution in [1.82, 2.24) is 26.3 Å². The van der Waals surface area contributed by atoms with Crippen LogP contribution < -0.4 is 26.0 Å². The van der Waals surface area contributed by atoms with E-state index in [1.807, 2.05) is 39.0 Å². The van der Waals surface area contributed by atoms with Crippen molar-refractivity contribution in [3.05, 3.63) is 30.0 Å². The number of carbonyl (C=O) groups is 3. The number of nitrogens with zero attached hydrogens (tertiary/aromatic N) is 1. The molecule has 0 saturated carbocycles. The molecule has 0 aliphatic carbocycles. The Hall–Kier alpha value is -3.58. The molecule has 0 bridgehead atoms. The fourth-order valence-electron chi connectivity index (χ4n) is 4.60. The number of nitriles is 1. The van der Waals surface area contributed by atoms with E-state index in [1.165, 1.54) is 0 Å². The maximum absolute atomic E-state index is 13.4. The van der Waals surface area contributed by atoms with Crippen LogP contribution in [0, 0.1) is 23.2 Å². The maximum Gasteiger partial charge on any atom is 0.268 e. The number of fused-ring (bicyclic) bond motifs is 1. The Morgan fingerprint density at radius 2 is 2.06 bits per heavy atom. The summed E-state index contributed by atoms with van der Waals surface area (Å²) in [6.07, 6.45) is 1.41. The zero-order chi connectivity index (χ0) is 26.2. The van der Waals surface area contributed by atoms with Gasteiger partial charge in [-0.3, -0.25) is 14.4 Å². The average Bonchev–Trinajstić information content (AvgIpc) is 3.47. The van der Waals surface area contributed by atoms with Crippen molar-refractivity contribution >= 4 is 28.6 Å². The van der Waals surface area contributed by atoms with Crippen molar-refractivity contribution in [2.75, 3.05) is 20.2 Å². The summed E-state index contributed by atoms with van der Waals surface area (Å²) in [5, 5.41) is 22.2. The number of aromatic amines is 1. The van der Waals surface area contributed by atoms with Gasteiger partial charge in [-0.2, -0.15) is 5.26 Å². The normalized spacial score (nSPS) is 17.8. The van der Waals surface area contributed by atoms with Gasteiger partial charge in [-0.25, -0.2) is 0 Å². The standard InChI is InChI=1S/C26H36N6O4/c1-5-28-22(14-27)19(12-16-9-10-29-24(16)33)31-25(34)20(11-15(2)3)32-26(35)21-13-17-18(30-21)7-6-8-23(17)36-4/h6-8,13,15-16,19-20,22,28,30H,5,9-12H2,1-4H3,(H,29,33)(H,31,34)(H,32,35). The van der Waals surface area contributed by atoms with Crippen LogP contribution in [-0.2, 0) is 9.59 Å². The summed E-state index contributed by atoms with van der Waals surface area (Å²) in [4.78, 5) is 41.8. The van der Waals surface area contributed by atoms with Crippen LogP contribution in [0.1, 0.15) is 50.5 Å². The number of ether oxygens (including phenoxy) is 1. The first kappa shape index (κ1) is 27.0. The summed E-state index contributed by atoms with van der Waals surface area (Å²) in [5.74, 6) is -0.364. The molecule has 1 aliphatic rings. The lowest BCUT2D eigenvalue weighted by Gasteiger charge is -2.28. The Morgan fingerprint density at radius 3 is 2.67 bits per heavy atom. The summed E-state index contributed by atoms with van der Waals surface area (Å²) in [7, 11) is 1.57. The number of hydrogen-bond donors (Lipinski definition) is 5. The van der Waals surface area contributed by atoms with E-state index in [0.29, 0.717) is 43.8 Å². The molecule has 0 radical (unpaired) electrons. The van der Waals surface area contributed by atoms with Crippen LogP contribution in [0.5, 0.6) is 5.75 Å². The van der Waals surface area contributed by atoms with Crippen molar-refractivity contribution in [1.29, 1.82) is 5.26 Å². The average molecular weight is 497 g/mol. The largest absolute Gasteiger partial charge is 0.496 e. The molecular formula is C26H36N6O4. The van der Waals surface area contributed by atoms with Gasteiger partial charge in [0.1, 0.15) is 23.5 Å². The Balaban J connectivity index is 1.79. The lowest BCUT2D eigenvalue weighted by atomic mass is 9.93. The number of carbonyl (C=O) groups excluding carboxylic acids is 3. The molecule has 0 spiro atoms. The van der Waals surface area contributed by atoms with E-state index in [0.717, 1.165) is 10.9 Å². The van der Waals surface area contributed by atoms with Gasteiger partial charge in [-0.1, -0.05) is 26.8 Å². The van der Waals surface area contributed by atoms with Crippen LogP contribution >= 0.6 is 0 Å². The molecule has 10 heteroatoms. The third kappa shape index (κ3) is 6.55. The monoisotopic (exact) mass is 496 g/mol. The minimum atomic E-state index is -0.813. The summed E-state index contributed by atoms with van der Waals surface area (Å²) in [6.45, 7) is 6.94. The lowest BCUT2D eigenvalue weighted by Crippen LogP contribution is -2.56. The van der Waals surface area contributed by atoms with Crippen LogP contribution in [-0.4, -0.2) is 61.0 Å². The highest BCUT2D eigenvalue weighted by Gasteiger charge is 2.34. The quantitative estimate of drug-likeness (QED) is 0.303. The van der Waals surface area contributed by atoms with Gasteiger partial charge in [-0.15, -0.1) is 0 Å². The first-order valence-electron chi connectivity index (χ1n) is 12.4. The zero-order valence-corrected chi connectivity index (χ0v) is 21.3. The molecule has 1 aromatic carbocycles. The second kappa shape index (κ2) is 12.4. The molecule has 1 fully saturated rings. The molecule has 3 rings (SSSR count). The number of rotatable bonds is 12. The van der Waals surface area contributed by atoms with Crippen molar-refractivity contribution in [2.45, 2.75) is 58.2 Å². The van der Waals surface area contributed by atoms with Crippen LogP contribution in [0.4, 0.5) is 0 Å². The third-order valence-electron chi connectivity index (χ3n) is 6.41. The molecule has 4 atom stereocenters. The molecular weight excluding hydrogens is 460 g/mol. The van der Waals surface area contributed by atoms with Gasteiger partial charge in [0.25, 0.3) is 5.91 Å². The van der Waals surface area contributed by atoms with Gasteiger partial charge >= 0.3 is 0 Å². The fourth-order valence-corrected chi connectivity index (χ4v) is 4.60. The molecule has 1 aromatic heterocycles. The highest BCUT2D eigenvalue weighted by Crippen LogP contribution is 2.26. The number of aromatic nitrogens is 1. The molecule has 194 valence electrons. The van der Waals surface area contributed by atoms with Crippen LogP contribution in [0.3, 0.4) is 0 Å². The highest BCUT2D eigenvalue weighted by molar-refractivity contribution is 6.01. The molecule has 5 N–H and O–H groups in total. The second-order valence-electron chi connectivity index (χ2n) is 9.55. The lowest BCUT2D eigenvalue weighted by molar-refractivity contribution is -0.126. The van der Waals surface area contributed by atoms with Crippen molar-refractivity contribution in [3.8, 4) is 11.8 Å². The van der Waals surface area contributed by atoms with Crippen LogP contribution in [0.2, 0.25) is 0 Å². The summed E-state index contributed by atoms with van der Waals surface area (Å²) in [6, 6.07) is 7.34. The third-order valence-corrected chi connectivity index (χ3v) is 6.41. The van der Waals surface area contributed by atoms with Gasteiger partial charge in [-0.05, 0) is 49.9 Å². The van der Waals surface area contributed by atoms with Crippen molar-refractivity contribution in [3.63, 3.8) is 0 Å². The van der Waals surface area contributed by atoms with Crippen LogP contribution in [0.25, 0.3) is 10.9 Å². The topological polar surface area (TPSA) is 148 Å². The van der Waals surface area contributed by atoms with E-state index in [1.54, 1.807) is 13.2 Å². The van der Waals surface area contributed by atoms with Crippen LogP contribution in [0.15, 0.2) is 24.3 Å². The first-order valence-corrected chi connectivity index (χ1v) is 12.4. The highest BCUT2D eigenvalue weighted by atomic mass is 16.5. The van der Waals surface area contributed by atoms with E-state index < -0.39 is 24.0 Å². The Labute approximate surface area is 211 Å². The number of likely N-dealkylation sites (N-methyl/N-ethyl adjacent to an activating group) is 1. The second-order valence-corrected chi connectivity index (χ2v) is 9.55. The molecule has 2 heterocycles. The van der Waals surface area contributed by atoms with E-state index in [-0.39, 0.29) is 23.7 Å². The predicted molar refractivity (Wildman–Crippen MR) is 136 cm³/mol. The smallest absolute Gasteiger partial charge is 0.268 e. The van der Waals surface area contributed by atoms with Gasteiger partial charge < -0.3 is 31.0 Å².